The van der Waals surface area contributed by atoms with Crippen LogP contribution in [-0.2, 0) is 19.4 Å². The van der Waals surface area contributed by atoms with Gasteiger partial charge in [-0.1, -0.05) is 30.3 Å². The molecule has 0 spiro atoms. The van der Waals surface area contributed by atoms with Gasteiger partial charge in [-0.3, -0.25) is 10.1 Å². The number of hydrogen-bond acceptors (Lipinski definition) is 6. The van der Waals surface area contributed by atoms with Gasteiger partial charge in [-0.05, 0) is 67.2 Å². The third-order valence-electron chi connectivity index (χ3n) is 6.42. The maximum atomic E-state index is 11.4. The zero-order valence-electron chi connectivity index (χ0n) is 19.3. The Bertz CT molecular complexity index is 1420. The smallest absolute Gasteiger partial charge is 0.270 e. The van der Waals surface area contributed by atoms with Crippen LogP contribution in [0.2, 0.25) is 0 Å². The molecule has 35 heavy (non-hydrogen) atoms. The number of aliphatic imine (C=N–C) groups is 1. The number of H-pyrrole nitrogens is 1. The van der Waals surface area contributed by atoms with Crippen LogP contribution in [0, 0.1) is 10.1 Å². The summed E-state index contributed by atoms with van der Waals surface area (Å²) in [5.74, 6) is -0.0754. The molecule has 0 saturated carbocycles. The standard InChI is InChI=1S/C27H27N5O3/c28-12-1-2-17-3-5-18(6-4-17)26(30-21-8-7-20-16-29-13-11-19(20)14-21)25-23-15-22(32(34)35)9-10-24(23)31-27(25)33/h3-10,14-15,29,31,33H,1-2,11-13,16,28H2. The second-order valence-corrected chi connectivity index (χ2v) is 8.76. The first kappa shape index (κ1) is 22.8. The summed E-state index contributed by atoms with van der Waals surface area (Å²) in [7, 11) is 0. The average molecular weight is 470 g/mol. The van der Waals surface area contributed by atoms with E-state index in [0.29, 0.717) is 28.7 Å². The summed E-state index contributed by atoms with van der Waals surface area (Å²) in [6, 6.07) is 18.7. The second-order valence-electron chi connectivity index (χ2n) is 8.76. The molecule has 0 atom stereocenters. The maximum Gasteiger partial charge on any atom is 0.270 e. The van der Waals surface area contributed by atoms with Crippen LogP contribution in [0.15, 0.2) is 65.7 Å². The lowest BCUT2D eigenvalue weighted by Crippen LogP contribution is -2.23. The van der Waals surface area contributed by atoms with Crippen molar-refractivity contribution in [3.8, 4) is 5.88 Å². The zero-order chi connectivity index (χ0) is 24.4. The summed E-state index contributed by atoms with van der Waals surface area (Å²) in [5.41, 5.74) is 12.5. The first-order valence-electron chi connectivity index (χ1n) is 11.7. The van der Waals surface area contributed by atoms with Crippen molar-refractivity contribution in [1.29, 1.82) is 0 Å². The summed E-state index contributed by atoms with van der Waals surface area (Å²) in [6.45, 7) is 2.39. The minimum atomic E-state index is -0.437. The Morgan fingerprint density at radius 3 is 2.69 bits per heavy atom. The Hall–Kier alpha value is -4.01. The summed E-state index contributed by atoms with van der Waals surface area (Å²) in [6.07, 6.45) is 2.71. The Morgan fingerprint density at radius 1 is 1.09 bits per heavy atom. The molecular weight excluding hydrogens is 442 g/mol. The van der Waals surface area contributed by atoms with Gasteiger partial charge in [0.2, 0.25) is 0 Å². The number of benzene rings is 3. The van der Waals surface area contributed by atoms with Gasteiger partial charge in [0.15, 0.2) is 5.88 Å². The quantitative estimate of drug-likeness (QED) is 0.180. The predicted octanol–water partition coefficient (Wildman–Crippen LogP) is 4.49. The van der Waals surface area contributed by atoms with Crippen molar-refractivity contribution in [2.75, 3.05) is 13.1 Å². The monoisotopic (exact) mass is 469 g/mol. The molecule has 0 radical (unpaired) electrons. The fourth-order valence-corrected chi connectivity index (χ4v) is 4.58. The highest BCUT2D eigenvalue weighted by Crippen LogP contribution is 2.34. The summed E-state index contributed by atoms with van der Waals surface area (Å²) in [4.78, 5) is 18.9. The first-order chi connectivity index (χ1) is 17.0. The molecule has 0 aliphatic carbocycles. The van der Waals surface area contributed by atoms with Crippen LogP contribution < -0.4 is 11.1 Å². The van der Waals surface area contributed by atoms with E-state index >= 15 is 0 Å². The molecule has 0 saturated heterocycles. The number of aromatic nitrogens is 1. The molecule has 1 aliphatic rings. The molecule has 3 aromatic carbocycles. The second kappa shape index (κ2) is 9.69. The molecule has 178 valence electrons. The molecule has 1 aromatic heterocycles. The van der Waals surface area contributed by atoms with Gasteiger partial charge in [-0.15, -0.1) is 0 Å². The highest BCUT2D eigenvalue weighted by molar-refractivity contribution is 6.22. The van der Waals surface area contributed by atoms with Gasteiger partial charge in [0.05, 0.1) is 21.9 Å². The van der Waals surface area contributed by atoms with E-state index in [1.165, 1.54) is 28.8 Å². The van der Waals surface area contributed by atoms with Crippen LogP contribution in [0.3, 0.4) is 0 Å². The Morgan fingerprint density at radius 2 is 1.91 bits per heavy atom. The van der Waals surface area contributed by atoms with Crippen molar-refractivity contribution in [2.24, 2.45) is 10.7 Å². The van der Waals surface area contributed by atoms with E-state index in [-0.39, 0.29) is 11.6 Å². The molecular formula is C27H27N5O3. The minimum Gasteiger partial charge on any atom is -0.494 e. The lowest BCUT2D eigenvalue weighted by molar-refractivity contribution is -0.384. The van der Waals surface area contributed by atoms with Crippen molar-refractivity contribution in [3.05, 3.63) is 98.6 Å². The maximum absolute atomic E-state index is 11.4. The number of nitrogens with zero attached hydrogens (tertiary/aromatic N) is 2. The number of rotatable bonds is 7. The number of nitro groups is 1. The van der Waals surface area contributed by atoms with Crippen molar-refractivity contribution in [3.63, 3.8) is 0 Å². The number of hydrogen-bond donors (Lipinski definition) is 4. The lowest BCUT2D eigenvalue weighted by Gasteiger charge is -2.17. The van der Waals surface area contributed by atoms with Crippen LogP contribution in [0.25, 0.3) is 10.9 Å². The largest absolute Gasteiger partial charge is 0.494 e. The molecule has 5 rings (SSSR count). The summed E-state index contributed by atoms with van der Waals surface area (Å²) < 4.78 is 0. The molecule has 0 bridgehead atoms. The molecule has 1 aliphatic heterocycles. The van der Waals surface area contributed by atoms with E-state index < -0.39 is 4.92 Å². The highest BCUT2D eigenvalue weighted by Gasteiger charge is 2.21. The van der Waals surface area contributed by atoms with Gasteiger partial charge >= 0.3 is 0 Å². The van der Waals surface area contributed by atoms with E-state index in [2.05, 4.69) is 22.4 Å². The van der Waals surface area contributed by atoms with Crippen LogP contribution in [0.1, 0.15) is 34.2 Å². The van der Waals surface area contributed by atoms with Gasteiger partial charge in [0.25, 0.3) is 5.69 Å². The molecule has 0 unspecified atom stereocenters. The molecule has 5 N–H and O–H groups in total. The van der Waals surface area contributed by atoms with Crippen LogP contribution >= 0.6 is 0 Å². The lowest BCUT2D eigenvalue weighted by atomic mass is 9.97. The summed E-state index contributed by atoms with van der Waals surface area (Å²) in [5, 5.41) is 26.3. The van der Waals surface area contributed by atoms with E-state index in [9.17, 15) is 15.2 Å². The van der Waals surface area contributed by atoms with Gasteiger partial charge < -0.3 is 21.1 Å². The summed E-state index contributed by atoms with van der Waals surface area (Å²) >= 11 is 0. The first-order valence-corrected chi connectivity index (χ1v) is 11.7. The predicted molar refractivity (Wildman–Crippen MR) is 138 cm³/mol. The fourth-order valence-electron chi connectivity index (χ4n) is 4.58. The van der Waals surface area contributed by atoms with Crippen molar-refractivity contribution >= 4 is 28.0 Å². The number of nitrogens with one attached hydrogen (secondary N) is 2. The molecule has 4 aromatic rings. The number of aromatic hydroxyl groups is 1. The molecule has 2 heterocycles. The molecule has 8 nitrogen and oxygen atoms in total. The molecule has 8 heteroatoms. The van der Waals surface area contributed by atoms with Gasteiger partial charge in [-0.25, -0.2) is 4.99 Å². The van der Waals surface area contributed by atoms with Gasteiger partial charge in [0.1, 0.15) is 0 Å². The minimum absolute atomic E-state index is 0.0458. The molecule has 0 amide bonds. The zero-order valence-corrected chi connectivity index (χ0v) is 19.3. The number of nitrogens with two attached hydrogens (primary N) is 1. The number of non-ortho nitro benzene ring substituents is 1. The Balaban J connectivity index is 1.67. The number of fused-ring (bicyclic) bond motifs is 2. The normalized spacial score (nSPS) is 13.7. The van der Waals surface area contributed by atoms with Gasteiger partial charge in [-0.2, -0.15) is 0 Å². The van der Waals surface area contributed by atoms with E-state index in [0.717, 1.165) is 43.6 Å². The van der Waals surface area contributed by atoms with E-state index in [4.69, 9.17) is 10.7 Å². The fraction of sp³-hybridized carbons (Fsp3) is 0.222. The number of aromatic amines is 1. The van der Waals surface area contributed by atoms with Crippen molar-refractivity contribution < 1.29 is 10.0 Å². The number of nitro benzene ring substituents is 1. The third kappa shape index (κ3) is 4.66. The van der Waals surface area contributed by atoms with Crippen LogP contribution in [0.5, 0.6) is 5.88 Å². The van der Waals surface area contributed by atoms with Gasteiger partial charge in [0, 0.05) is 35.1 Å². The average Bonchev–Trinajstić information content (AvgIpc) is 3.21. The topological polar surface area (TPSA) is 130 Å². The van der Waals surface area contributed by atoms with Crippen molar-refractivity contribution in [2.45, 2.75) is 25.8 Å². The number of aryl methyl sites for hydroxylation is 1. The van der Waals surface area contributed by atoms with Crippen LogP contribution in [-0.4, -0.2) is 33.8 Å². The Labute approximate surface area is 202 Å². The van der Waals surface area contributed by atoms with E-state index in [1.807, 2.05) is 30.3 Å². The molecule has 0 fully saturated rings. The highest BCUT2D eigenvalue weighted by atomic mass is 16.6. The third-order valence-corrected chi connectivity index (χ3v) is 6.42. The van der Waals surface area contributed by atoms with Crippen molar-refractivity contribution in [1.82, 2.24) is 10.3 Å². The SMILES string of the molecule is NCCCc1ccc(C(=Nc2ccc3c(c2)CCNC3)c2c(O)[nH]c3ccc([N+](=O)[O-])cc23)cc1. The van der Waals surface area contributed by atoms with E-state index in [1.54, 1.807) is 6.07 Å². The Kier molecular flexibility index (Phi) is 6.31. The van der Waals surface area contributed by atoms with Crippen LogP contribution in [0.4, 0.5) is 11.4 Å².